The third kappa shape index (κ3) is 7.08. The molecule has 13 nitrogen and oxygen atoms in total. The zero-order chi connectivity index (χ0) is 41.6. The zero-order valence-corrected chi connectivity index (χ0v) is 35.1. The third-order valence-electron chi connectivity index (χ3n) is 12.1. The van der Waals surface area contributed by atoms with Crippen LogP contribution in [0.3, 0.4) is 0 Å². The molecule has 4 atom stereocenters. The molecule has 4 saturated heterocycles. The van der Waals surface area contributed by atoms with Crippen molar-refractivity contribution in [2.45, 2.75) is 122 Å². The van der Waals surface area contributed by atoms with Gasteiger partial charge >= 0.3 is 18.2 Å². The fourth-order valence-electron chi connectivity index (χ4n) is 9.84. The van der Waals surface area contributed by atoms with Crippen LogP contribution in [-0.2, 0) is 27.4 Å². The molecule has 5 aliphatic heterocycles. The number of nitriles is 1. The van der Waals surface area contributed by atoms with Gasteiger partial charge in [-0.1, -0.05) is 12.1 Å². The van der Waals surface area contributed by atoms with Crippen LogP contribution in [-0.4, -0.2) is 99.7 Å². The minimum atomic E-state index is -0.954. The van der Waals surface area contributed by atoms with Crippen LogP contribution in [0.15, 0.2) is 18.2 Å². The highest BCUT2D eigenvalue weighted by molar-refractivity contribution is 7.23. The van der Waals surface area contributed by atoms with E-state index in [-0.39, 0.29) is 60.7 Å². The average molecular weight is 830 g/mol. The Bertz CT molecular complexity index is 2410. The molecule has 0 aliphatic carbocycles. The summed E-state index contributed by atoms with van der Waals surface area (Å²) in [6.07, 6.45) is 1.62. The number of piperazine rings is 1. The molecule has 0 spiro atoms. The summed E-state index contributed by atoms with van der Waals surface area (Å²) in [5.74, 6) is -0.105. The van der Waals surface area contributed by atoms with Crippen LogP contribution in [0.5, 0.6) is 6.01 Å². The Labute approximate surface area is 345 Å². The molecule has 5 aliphatic rings. The van der Waals surface area contributed by atoms with Gasteiger partial charge in [0.05, 0.1) is 29.7 Å². The summed E-state index contributed by atoms with van der Waals surface area (Å²) < 4.78 is 57.2. The van der Waals surface area contributed by atoms with Crippen molar-refractivity contribution in [2.75, 3.05) is 43.0 Å². The maximum Gasteiger partial charge on any atom is 0.412 e. The number of hydrogen-bond donors (Lipinski definition) is 1. The lowest BCUT2D eigenvalue weighted by atomic mass is 9.90. The smallest absolute Gasteiger partial charge is 0.412 e. The van der Waals surface area contributed by atoms with Crippen molar-refractivity contribution in [1.82, 2.24) is 19.8 Å². The van der Waals surface area contributed by atoms with Gasteiger partial charge in [0.2, 0.25) is 0 Å². The Kier molecular flexibility index (Phi) is 9.67. The summed E-state index contributed by atoms with van der Waals surface area (Å²) in [6.45, 7) is 13.2. The normalized spacial score (nSPS) is 24.1. The van der Waals surface area contributed by atoms with Crippen LogP contribution in [0, 0.1) is 17.1 Å². The SMILES string of the molecule is CC(C)(C)OC(=O)Nc1sc2cccc(-c3c4c(c5c(N6C7CCC6CN(C(=O)OC(C)(C)C)C7)nc(OC[C@@]67CCCN6C[C@H](F)C7)nc5c3F)COC4)c2c1C#N. The standard InChI is InChI=1S/C43H49F2N7O6S/c1-41(2,3)57-39(53)49-37-27(16-46)31-26(9-7-10-30(31)59-37)32-28-20-55-21-29(28)33-35(34(32)45)47-38(56-22-43-13-8-14-51(43)17-23(44)15-43)48-36(33)52-24-11-12-25(52)19-50(18-24)40(54)58-42(4,5)6/h7,9-10,23-25H,8,11-15,17-22H2,1-6H3,(H,49,53)/t23-,24?,25?,43+/m1/s1. The second-order valence-electron chi connectivity index (χ2n) is 18.5. The number of aromatic nitrogens is 2. The second-order valence-corrected chi connectivity index (χ2v) is 19.5. The molecular weight excluding hydrogens is 781 g/mol. The lowest BCUT2D eigenvalue weighted by Crippen LogP contribution is -2.56. The van der Waals surface area contributed by atoms with Gasteiger partial charge in [0, 0.05) is 53.8 Å². The van der Waals surface area contributed by atoms with Gasteiger partial charge in [-0.2, -0.15) is 15.2 Å². The van der Waals surface area contributed by atoms with Crippen molar-refractivity contribution in [3.63, 3.8) is 0 Å². The van der Waals surface area contributed by atoms with E-state index in [1.165, 1.54) is 11.3 Å². The van der Waals surface area contributed by atoms with Crippen LogP contribution in [0.1, 0.15) is 90.3 Å². The highest BCUT2D eigenvalue weighted by atomic mass is 32.1. The Morgan fingerprint density at radius 2 is 1.76 bits per heavy atom. The minimum absolute atomic E-state index is 0.0102. The number of anilines is 2. The maximum absolute atomic E-state index is 17.9. The van der Waals surface area contributed by atoms with Crippen molar-refractivity contribution < 1.29 is 37.3 Å². The number of hydrogen-bond acceptors (Lipinski definition) is 12. The molecule has 7 heterocycles. The van der Waals surface area contributed by atoms with Gasteiger partial charge < -0.3 is 28.7 Å². The molecule has 312 valence electrons. The summed E-state index contributed by atoms with van der Waals surface area (Å²) in [4.78, 5) is 42.1. The molecule has 0 saturated carbocycles. The number of thiophene rings is 1. The average Bonchev–Trinajstić information content (AvgIpc) is 3.96. The third-order valence-corrected chi connectivity index (χ3v) is 13.1. The molecular formula is C43H49F2N7O6S. The number of carbonyl (C=O) groups excluding carboxylic acids is 2. The summed E-state index contributed by atoms with van der Waals surface area (Å²) in [5.41, 5.74) is 0.413. The highest BCUT2D eigenvalue weighted by Gasteiger charge is 2.50. The molecule has 2 aromatic carbocycles. The molecule has 2 unspecified atom stereocenters. The second kappa shape index (κ2) is 14.4. The first kappa shape index (κ1) is 39.6. The van der Waals surface area contributed by atoms with Crippen molar-refractivity contribution in [2.24, 2.45) is 0 Å². The number of rotatable bonds is 6. The topological polar surface area (TPSA) is 142 Å². The Balaban J connectivity index is 1.18. The number of fused-ring (bicyclic) bond motifs is 7. The predicted octanol–water partition coefficient (Wildman–Crippen LogP) is 8.44. The molecule has 9 rings (SSSR count). The molecule has 1 N–H and O–H groups in total. The van der Waals surface area contributed by atoms with E-state index in [1.54, 1.807) is 37.8 Å². The number of carbonyl (C=O) groups is 2. The number of ether oxygens (including phenoxy) is 4. The molecule has 2 aromatic heterocycles. The van der Waals surface area contributed by atoms with E-state index in [4.69, 9.17) is 28.9 Å². The van der Waals surface area contributed by atoms with Crippen LogP contribution in [0.25, 0.3) is 32.1 Å². The minimum Gasteiger partial charge on any atom is -0.461 e. The van der Waals surface area contributed by atoms with Gasteiger partial charge in [-0.25, -0.2) is 18.4 Å². The lowest BCUT2D eigenvalue weighted by Gasteiger charge is -2.42. The largest absolute Gasteiger partial charge is 0.461 e. The molecule has 4 aromatic rings. The van der Waals surface area contributed by atoms with Gasteiger partial charge in [0.25, 0.3) is 0 Å². The molecule has 0 radical (unpaired) electrons. The van der Waals surface area contributed by atoms with Gasteiger partial charge in [0.15, 0.2) is 5.82 Å². The number of likely N-dealkylation sites (tertiary alicyclic amines) is 1. The summed E-state index contributed by atoms with van der Waals surface area (Å²) in [5, 5.41) is 14.6. The van der Waals surface area contributed by atoms with E-state index >= 15 is 4.39 Å². The van der Waals surface area contributed by atoms with Gasteiger partial charge in [0.1, 0.15) is 46.4 Å². The first-order chi connectivity index (χ1) is 28.0. The number of alkyl halides is 1. The van der Waals surface area contributed by atoms with Crippen molar-refractivity contribution in [1.29, 1.82) is 5.26 Å². The predicted molar refractivity (Wildman–Crippen MR) is 219 cm³/mol. The number of benzene rings is 2. The van der Waals surface area contributed by atoms with E-state index in [0.717, 1.165) is 37.8 Å². The van der Waals surface area contributed by atoms with Gasteiger partial charge in [-0.15, -0.1) is 11.3 Å². The maximum atomic E-state index is 17.9. The Hall–Kier alpha value is -4.85. The number of amides is 2. The molecule has 2 amide bonds. The zero-order valence-electron chi connectivity index (χ0n) is 34.2. The fourth-order valence-corrected chi connectivity index (χ4v) is 10.9. The quantitative estimate of drug-likeness (QED) is 0.200. The van der Waals surface area contributed by atoms with Crippen LogP contribution >= 0.6 is 11.3 Å². The van der Waals surface area contributed by atoms with Crippen LogP contribution in [0.4, 0.5) is 29.2 Å². The fraction of sp³-hybridized carbons (Fsp3) is 0.558. The molecule has 59 heavy (non-hydrogen) atoms. The molecule has 16 heteroatoms. The Morgan fingerprint density at radius 1 is 1.03 bits per heavy atom. The molecule has 4 fully saturated rings. The number of nitrogens with one attached hydrogen (secondary N) is 1. The number of halogens is 2. The van der Waals surface area contributed by atoms with Gasteiger partial charge in [-0.05, 0) is 96.5 Å². The summed E-state index contributed by atoms with van der Waals surface area (Å²) in [7, 11) is 0. The lowest BCUT2D eigenvalue weighted by molar-refractivity contribution is 0.0209. The van der Waals surface area contributed by atoms with E-state index in [0.29, 0.717) is 63.5 Å². The van der Waals surface area contributed by atoms with E-state index in [9.17, 15) is 19.2 Å². The van der Waals surface area contributed by atoms with Crippen molar-refractivity contribution in [3.05, 3.63) is 40.7 Å². The summed E-state index contributed by atoms with van der Waals surface area (Å²) in [6, 6.07) is 7.38. The first-order valence-corrected chi connectivity index (χ1v) is 21.2. The van der Waals surface area contributed by atoms with Gasteiger partial charge in [-0.3, -0.25) is 10.2 Å². The highest BCUT2D eigenvalue weighted by Crippen LogP contribution is 2.49. The van der Waals surface area contributed by atoms with Crippen LogP contribution < -0.4 is 15.0 Å². The first-order valence-electron chi connectivity index (χ1n) is 20.4. The van der Waals surface area contributed by atoms with E-state index in [1.807, 2.05) is 26.8 Å². The van der Waals surface area contributed by atoms with Crippen molar-refractivity contribution >= 4 is 55.3 Å². The monoisotopic (exact) mass is 829 g/mol. The van der Waals surface area contributed by atoms with Crippen LogP contribution in [0.2, 0.25) is 0 Å². The molecule has 2 bridgehead atoms. The van der Waals surface area contributed by atoms with E-state index in [2.05, 4.69) is 21.2 Å². The Morgan fingerprint density at radius 3 is 2.47 bits per heavy atom. The summed E-state index contributed by atoms with van der Waals surface area (Å²) >= 11 is 1.21. The van der Waals surface area contributed by atoms with Crippen molar-refractivity contribution in [3.8, 4) is 23.2 Å². The van der Waals surface area contributed by atoms with E-state index < -0.39 is 34.8 Å². The number of nitrogens with zero attached hydrogens (tertiary/aromatic N) is 6.